The first-order valence-corrected chi connectivity index (χ1v) is 10.2. The maximum absolute atomic E-state index is 6.70. The van der Waals surface area contributed by atoms with Crippen molar-refractivity contribution in [3.05, 3.63) is 39.9 Å². The summed E-state index contributed by atoms with van der Waals surface area (Å²) < 4.78 is 1.95. The van der Waals surface area contributed by atoms with Gasteiger partial charge in [0.2, 0.25) is 0 Å². The van der Waals surface area contributed by atoms with Gasteiger partial charge in [-0.1, -0.05) is 23.2 Å². The molecule has 8 nitrogen and oxygen atoms in total. The molecular formula is C19H24Cl2N8. The Kier molecular flexibility index (Phi) is 5.52. The van der Waals surface area contributed by atoms with E-state index in [0.717, 1.165) is 36.3 Å². The van der Waals surface area contributed by atoms with Gasteiger partial charge in [-0.15, -0.1) is 0 Å². The Morgan fingerprint density at radius 3 is 2.66 bits per heavy atom. The van der Waals surface area contributed by atoms with Crippen LogP contribution in [0.2, 0.25) is 10.0 Å². The zero-order valence-corrected chi connectivity index (χ0v) is 18.0. The molecule has 29 heavy (non-hydrogen) atoms. The van der Waals surface area contributed by atoms with Crippen LogP contribution in [0.4, 0.5) is 11.5 Å². The number of hydrogen-bond donors (Lipinski definition) is 2. The van der Waals surface area contributed by atoms with Crippen molar-refractivity contribution in [3.8, 4) is 0 Å². The van der Waals surface area contributed by atoms with Gasteiger partial charge in [-0.25, -0.2) is 15.0 Å². The summed E-state index contributed by atoms with van der Waals surface area (Å²) in [6.45, 7) is 2.81. The smallest absolute Gasteiger partial charge is 0.165 e. The molecule has 1 aliphatic rings. The lowest BCUT2D eigenvalue weighted by atomic mass is 10.0. The van der Waals surface area contributed by atoms with Gasteiger partial charge >= 0.3 is 0 Å². The molecule has 1 aromatic carbocycles. The van der Waals surface area contributed by atoms with Crippen LogP contribution in [0.3, 0.4) is 0 Å². The lowest BCUT2D eigenvalue weighted by Gasteiger charge is -2.27. The standard InChI is InChI=1S/C19H24Cl2N8/c1-27(2)7-12-13(8-29-10-26-16-18(23)24-9-25-19(16)29)17(15(21)5-14(12)20)28-4-3-11(22)6-28/h5,9-11H,3-4,6-8,22H2,1-2H3,(H2,23,24,25). The van der Waals surface area contributed by atoms with Crippen molar-refractivity contribution in [2.24, 2.45) is 5.73 Å². The first-order chi connectivity index (χ1) is 13.8. The van der Waals surface area contributed by atoms with Crippen LogP contribution in [-0.2, 0) is 13.1 Å². The van der Waals surface area contributed by atoms with E-state index in [0.29, 0.717) is 40.1 Å². The summed E-state index contributed by atoms with van der Waals surface area (Å²) in [4.78, 5) is 17.1. The van der Waals surface area contributed by atoms with Crippen molar-refractivity contribution in [1.29, 1.82) is 0 Å². The molecule has 1 atom stereocenters. The van der Waals surface area contributed by atoms with Gasteiger partial charge in [-0.2, -0.15) is 0 Å². The van der Waals surface area contributed by atoms with Gasteiger partial charge in [0, 0.05) is 36.3 Å². The number of benzene rings is 1. The molecule has 0 amide bonds. The van der Waals surface area contributed by atoms with Crippen LogP contribution in [-0.4, -0.2) is 57.6 Å². The quantitative estimate of drug-likeness (QED) is 0.634. The van der Waals surface area contributed by atoms with E-state index in [9.17, 15) is 0 Å². The predicted octanol–water partition coefficient (Wildman–Crippen LogP) is 2.36. The number of hydrogen-bond acceptors (Lipinski definition) is 7. The molecular weight excluding hydrogens is 411 g/mol. The molecule has 2 aromatic heterocycles. The molecule has 3 heterocycles. The third-order valence-electron chi connectivity index (χ3n) is 5.19. The summed E-state index contributed by atoms with van der Waals surface area (Å²) in [7, 11) is 4.03. The molecule has 1 fully saturated rings. The molecule has 0 spiro atoms. The molecule has 0 saturated carbocycles. The van der Waals surface area contributed by atoms with Crippen molar-refractivity contribution < 1.29 is 0 Å². The minimum Gasteiger partial charge on any atom is -0.382 e. The number of aromatic nitrogens is 4. The van der Waals surface area contributed by atoms with Crippen LogP contribution in [0, 0.1) is 0 Å². The zero-order valence-electron chi connectivity index (χ0n) is 16.4. The molecule has 0 aliphatic carbocycles. The Morgan fingerprint density at radius 2 is 1.97 bits per heavy atom. The van der Waals surface area contributed by atoms with E-state index >= 15 is 0 Å². The number of halogens is 2. The van der Waals surface area contributed by atoms with E-state index in [1.807, 2.05) is 24.7 Å². The molecule has 0 bridgehead atoms. The zero-order chi connectivity index (χ0) is 20.7. The molecule has 4 rings (SSSR count). The Bertz CT molecular complexity index is 1050. The highest BCUT2D eigenvalue weighted by Gasteiger charge is 2.27. The molecule has 4 N–H and O–H groups in total. The number of nitrogens with two attached hydrogens (primary N) is 2. The summed E-state index contributed by atoms with van der Waals surface area (Å²) in [5, 5.41) is 1.27. The molecule has 1 saturated heterocycles. The van der Waals surface area contributed by atoms with Crippen LogP contribution in [0.5, 0.6) is 0 Å². The van der Waals surface area contributed by atoms with E-state index in [1.165, 1.54) is 6.33 Å². The maximum atomic E-state index is 6.70. The third kappa shape index (κ3) is 3.85. The van der Waals surface area contributed by atoms with Crippen molar-refractivity contribution in [2.45, 2.75) is 25.6 Å². The van der Waals surface area contributed by atoms with E-state index in [4.69, 9.17) is 34.7 Å². The average molecular weight is 435 g/mol. The lowest BCUT2D eigenvalue weighted by molar-refractivity contribution is 0.400. The number of nitrogen functional groups attached to an aromatic ring is 1. The fourth-order valence-corrected chi connectivity index (χ4v) is 4.55. The normalized spacial score (nSPS) is 17.0. The molecule has 3 aromatic rings. The third-order valence-corrected chi connectivity index (χ3v) is 5.82. The Morgan fingerprint density at radius 1 is 1.17 bits per heavy atom. The van der Waals surface area contributed by atoms with Crippen LogP contribution < -0.4 is 16.4 Å². The second kappa shape index (κ2) is 7.95. The first-order valence-electron chi connectivity index (χ1n) is 9.41. The van der Waals surface area contributed by atoms with Crippen LogP contribution in [0.15, 0.2) is 18.7 Å². The van der Waals surface area contributed by atoms with Crippen molar-refractivity contribution in [2.75, 3.05) is 37.8 Å². The topological polar surface area (TPSA) is 102 Å². The Hall–Kier alpha value is -2.13. The van der Waals surface area contributed by atoms with E-state index in [2.05, 4.69) is 24.8 Å². The van der Waals surface area contributed by atoms with E-state index < -0.39 is 0 Å². The van der Waals surface area contributed by atoms with Crippen molar-refractivity contribution in [3.63, 3.8) is 0 Å². The minimum atomic E-state index is 0.133. The van der Waals surface area contributed by atoms with Gasteiger partial charge in [0.25, 0.3) is 0 Å². The van der Waals surface area contributed by atoms with Crippen LogP contribution in [0.1, 0.15) is 17.5 Å². The highest BCUT2D eigenvalue weighted by atomic mass is 35.5. The Balaban J connectivity index is 1.87. The van der Waals surface area contributed by atoms with Gasteiger partial charge < -0.3 is 25.8 Å². The second-order valence-electron chi connectivity index (χ2n) is 7.68. The monoisotopic (exact) mass is 434 g/mol. The predicted molar refractivity (Wildman–Crippen MR) is 117 cm³/mol. The number of fused-ring (bicyclic) bond motifs is 1. The number of imidazole rings is 1. The van der Waals surface area contributed by atoms with Gasteiger partial charge in [0.05, 0.1) is 23.6 Å². The first kappa shape index (κ1) is 20.2. The number of anilines is 2. The maximum Gasteiger partial charge on any atom is 0.165 e. The second-order valence-corrected chi connectivity index (χ2v) is 8.50. The van der Waals surface area contributed by atoms with Crippen molar-refractivity contribution in [1.82, 2.24) is 24.4 Å². The molecule has 154 valence electrons. The molecule has 10 heteroatoms. The fourth-order valence-electron chi connectivity index (χ4n) is 3.87. The van der Waals surface area contributed by atoms with Crippen LogP contribution in [0.25, 0.3) is 11.2 Å². The summed E-state index contributed by atoms with van der Waals surface area (Å²) >= 11 is 13.3. The van der Waals surface area contributed by atoms with Gasteiger partial charge in [-0.05, 0) is 32.1 Å². The number of rotatable bonds is 5. The summed E-state index contributed by atoms with van der Waals surface area (Å²) in [5.41, 5.74) is 16.4. The molecule has 0 radical (unpaired) electrons. The molecule has 1 unspecified atom stereocenters. The summed E-state index contributed by atoms with van der Waals surface area (Å²) in [6.07, 6.45) is 4.10. The average Bonchev–Trinajstić information content (AvgIpc) is 3.25. The fraction of sp³-hybridized carbons (Fsp3) is 0.421. The SMILES string of the molecule is CN(C)Cc1c(Cl)cc(Cl)c(N2CCC(N)C2)c1Cn1cnc2c(N)ncnc21. The van der Waals surface area contributed by atoms with Crippen LogP contribution >= 0.6 is 23.2 Å². The largest absolute Gasteiger partial charge is 0.382 e. The Labute approximate surface area is 179 Å². The van der Waals surface area contributed by atoms with Gasteiger partial charge in [0.15, 0.2) is 11.5 Å². The van der Waals surface area contributed by atoms with Gasteiger partial charge in [-0.3, -0.25) is 0 Å². The van der Waals surface area contributed by atoms with E-state index in [1.54, 1.807) is 6.33 Å². The summed E-state index contributed by atoms with van der Waals surface area (Å²) in [6, 6.07) is 1.96. The minimum absolute atomic E-state index is 0.133. The van der Waals surface area contributed by atoms with Gasteiger partial charge in [0.1, 0.15) is 11.8 Å². The number of nitrogens with zero attached hydrogens (tertiary/aromatic N) is 6. The van der Waals surface area contributed by atoms with Crippen molar-refractivity contribution >= 4 is 45.9 Å². The molecule has 1 aliphatic heterocycles. The summed E-state index contributed by atoms with van der Waals surface area (Å²) in [5.74, 6) is 0.358. The van der Waals surface area contributed by atoms with E-state index in [-0.39, 0.29) is 6.04 Å². The highest BCUT2D eigenvalue weighted by Crippen LogP contribution is 2.39. The lowest BCUT2D eigenvalue weighted by Crippen LogP contribution is -2.28. The highest BCUT2D eigenvalue weighted by molar-refractivity contribution is 6.37.